The number of hydrogen-bond acceptors (Lipinski definition) is 7. The van der Waals surface area contributed by atoms with Crippen molar-refractivity contribution in [2.24, 2.45) is 0 Å². The Bertz CT molecular complexity index is 1800. The third-order valence-electron chi connectivity index (χ3n) is 6.11. The molecule has 2 N–H and O–H groups in total. The van der Waals surface area contributed by atoms with Gasteiger partial charge in [0.15, 0.2) is 11.5 Å². The number of carbonyl (C=O) groups is 3. The number of nitrogens with one attached hydrogen (secondary N) is 2. The molecule has 0 aliphatic heterocycles. The average molecular weight is 587 g/mol. The molecule has 0 unspecified atom stereocenters. The fourth-order valence-corrected chi connectivity index (χ4v) is 5.70. The van der Waals surface area contributed by atoms with Crippen LogP contribution in [0.15, 0.2) is 89.8 Å². The maximum Gasteiger partial charge on any atom is 0.308 e. The Kier molecular flexibility index (Phi) is 9.39. The van der Waals surface area contributed by atoms with E-state index in [4.69, 9.17) is 9.47 Å². The number of aryl methyl sites for hydroxylation is 1. The number of benzene rings is 4. The van der Waals surface area contributed by atoms with E-state index < -0.39 is 27.9 Å². The van der Waals surface area contributed by atoms with E-state index in [2.05, 4.69) is 10.0 Å². The molecule has 0 spiro atoms. The number of fused-ring (bicyclic) bond motifs is 1. The summed E-state index contributed by atoms with van der Waals surface area (Å²) in [6.45, 7) is 4.48. The van der Waals surface area contributed by atoms with Crippen LogP contribution in [0.1, 0.15) is 38.3 Å². The zero-order chi connectivity index (χ0) is 30.3. The number of rotatable bonds is 10. The van der Waals surface area contributed by atoms with Crippen molar-refractivity contribution < 1.29 is 32.3 Å². The zero-order valence-electron chi connectivity index (χ0n) is 23.3. The Hall–Kier alpha value is -4.96. The maximum atomic E-state index is 13.5. The van der Waals surface area contributed by atoms with Gasteiger partial charge in [0.2, 0.25) is 5.91 Å². The van der Waals surface area contributed by atoms with E-state index in [0.717, 1.165) is 18.4 Å². The van der Waals surface area contributed by atoms with Gasteiger partial charge >= 0.3 is 11.9 Å². The van der Waals surface area contributed by atoms with Gasteiger partial charge in [-0.25, -0.2) is 8.42 Å². The van der Waals surface area contributed by atoms with Crippen molar-refractivity contribution in [3.05, 3.63) is 96.1 Å². The molecule has 0 aliphatic rings. The highest BCUT2D eigenvalue weighted by Gasteiger charge is 2.20. The maximum absolute atomic E-state index is 13.5. The van der Waals surface area contributed by atoms with Crippen LogP contribution in [0.3, 0.4) is 0 Å². The molecule has 0 saturated heterocycles. The van der Waals surface area contributed by atoms with Crippen LogP contribution in [0.25, 0.3) is 16.8 Å². The Labute approximate surface area is 244 Å². The van der Waals surface area contributed by atoms with E-state index in [1.807, 2.05) is 19.1 Å². The van der Waals surface area contributed by atoms with Crippen LogP contribution in [-0.2, 0) is 30.8 Å². The molecule has 0 aliphatic carbocycles. The van der Waals surface area contributed by atoms with Gasteiger partial charge in [0.25, 0.3) is 10.0 Å². The summed E-state index contributed by atoms with van der Waals surface area (Å²) in [4.78, 5) is 35.7. The standard InChI is InChI=1S/C32H30N2O7S/c1-4-9-24-10-5-6-13-27(24)34-42(38,39)31-15-8-11-25-26(31)12-7-14-28(25)33-32(37)19-17-23-16-18-29(40-21(2)35)30(20-23)41-22(3)36/h5-8,10-20,34H,4,9H2,1-3H3,(H,33,37)/b19-17+. The quantitative estimate of drug-likeness (QED) is 0.131. The Morgan fingerprint density at radius 1 is 0.786 bits per heavy atom. The predicted octanol–water partition coefficient (Wildman–Crippen LogP) is 6.10. The first-order chi connectivity index (χ1) is 20.1. The van der Waals surface area contributed by atoms with Crippen LogP contribution >= 0.6 is 0 Å². The number of carbonyl (C=O) groups excluding carboxylic acids is 3. The number of para-hydroxylation sites is 1. The van der Waals surface area contributed by atoms with E-state index in [1.165, 1.54) is 44.2 Å². The highest BCUT2D eigenvalue weighted by Crippen LogP contribution is 2.32. The summed E-state index contributed by atoms with van der Waals surface area (Å²) in [6.07, 6.45) is 4.39. The smallest absolute Gasteiger partial charge is 0.308 e. The van der Waals surface area contributed by atoms with Crippen molar-refractivity contribution in [2.45, 2.75) is 38.5 Å². The van der Waals surface area contributed by atoms with E-state index in [-0.39, 0.29) is 16.4 Å². The second kappa shape index (κ2) is 13.1. The van der Waals surface area contributed by atoms with Gasteiger partial charge in [0.1, 0.15) is 0 Å². The lowest BCUT2D eigenvalue weighted by Gasteiger charge is -2.15. The Morgan fingerprint density at radius 2 is 1.45 bits per heavy atom. The summed E-state index contributed by atoms with van der Waals surface area (Å²) < 4.78 is 39.9. The van der Waals surface area contributed by atoms with Crippen molar-refractivity contribution in [2.75, 3.05) is 10.0 Å². The second-order valence-corrected chi connectivity index (χ2v) is 11.0. The van der Waals surface area contributed by atoms with E-state index in [0.29, 0.717) is 27.7 Å². The molecule has 0 heterocycles. The Morgan fingerprint density at radius 3 is 2.19 bits per heavy atom. The molecule has 0 saturated carbocycles. The monoisotopic (exact) mass is 586 g/mol. The zero-order valence-corrected chi connectivity index (χ0v) is 24.2. The lowest BCUT2D eigenvalue weighted by molar-refractivity contribution is -0.134. The van der Waals surface area contributed by atoms with Crippen LogP contribution in [0.2, 0.25) is 0 Å². The van der Waals surface area contributed by atoms with Gasteiger partial charge in [0.05, 0.1) is 10.6 Å². The molecule has 9 nitrogen and oxygen atoms in total. The fourth-order valence-electron chi connectivity index (χ4n) is 4.38. The van der Waals surface area contributed by atoms with Crippen LogP contribution in [0, 0.1) is 0 Å². The second-order valence-electron chi connectivity index (χ2n) is 9.39. The van der Waals surface area contributed by atoms with Gasteiger partial charge in [-0.2, -0.15) is 0 Å². The summed E-state index contributed by atoms with van der Waals surface area (Å²) >= 11 is 0. The van der Waals surface area contributed by atoms with Gasteiger partial charge < -0.3 is 14.8 Å². The first-order valence-electron chi connectivity index (χ1n) is 13.2. The largest absolute Gasteiger partial charge is 0.423 e. The highest BCUT2D eigenvalue weighted by molar-refractivity contribution is 7.93. The van der Waals surface area contributed by atoms with Crippen molar-refractivity contribution in [3.63, 3.8) is 0 Å². The molecule has 216 valence electrons. The van der Waals surface area contributed by atoms with Crippen LogP contribution < -0.4 is 19.5 Å². The van der Waals surface area contributed by atoms with Crippen LogP contribution in [0.4, 0.5) is 11.4 Å². The van der Waals surface area contributed by atoms with Crippen molar-refractivity contribution >= 4 is 56.1 Å². The van der Waals surface area contributed by atoms with Crippen molar-refractivity contribution in [1.29, 1.82) is 0 Å². The predicted molar refractivity (Wildman–Crippen MR) is 162 cm³/mol. The molecule has 0 radical (unpaired) electrons. The highest BCUT2D eigenvalue weighted by atomic mass is 32.2. The molecule has 0 bridgehead atoms. The lowest BCUT2D eigenvalue weighted by atomic mass is 10.1. The molecule has 0 fully saturated rings. The molecule has 4 aromatic rings. The molecule has 1 amide bonds. The van der Waals surface area contributed by atoms with Crippen molar-refractivity contribution in [1.82, 2.24) is 0 Å². The first-order valence-corrected chi connectivity index (χ1v) is 14.7. The summed E-state index contributed by atoms with van der Waals surface area (Å²) in [5.74, 6) is -1.53. The summed E-state index contributed by atoms with van der Waals surface area (Å²) in [6, 6.07) is 21.7. The summed E-state index contributed by atoms with van der Waals surface area (Å²) in [5, 5.41) is 3.80. The minimum Gasteiger partial charge on any atom is -0.423 e. The molecule has 0 atom stereocenters. The van der Waals surface area contributed by atoms with E-state index in [1.54, 1.807) is 48.5 Å². The van der Waals surface area contributed by atoms with Gasteiger partial charge in [-0.05, 0) is 54.0 Å². The summed E-state index contributed by atoms with van der Waals surface area (Å²) in [5.41, 5.74) is 2.38. The number of esters is 2. The molecule has 10 heteroatoms. The topological polar surface area (TPSA) is 128 Å². The van der Waals surface area contributed by atoms with E-state index in [9.17, 15) is 22.8 Å². The van der Waals surface area contributed by atoms with Crippen LogP contribution in [0.5, 0.6) is 11.5 Å². The van der Waals surface area contributed by atoms with E-state index >= 15 is 0 Å². The lowest BCUT2D eigenvalue weighted by Crippen LogP contribution is -2.15. The van der Waals surface area contributed by atoms with Crippen LogP contribution in [-0.4, -0.2) is 26.3 Å². The SMILES string of the molecule is CCCc1ccccc1NS(=O)(=O)c1cccc2c(NC(=O)/C=C/c3ccc(OC(C)=O)c(OC(C)=O)c3)cccc12. The third kappa shape index (κ3) is 7.41. The third-order valence-corrected chi connectivity index (χ3v) is 7.54. The molecular weight excluding hydrogens is 556 g/mol. The normalized spacial score (nSPS) is 11.3. The molecule has 4 aromatic carbocycles. The van der Waals surface area contributed by atoms with Gasteiger partial charge in [-0.3, -0.25) is 19.1 Å². The molecular formula is C32H30N2O7S. The van der Waals surface area contributed by atoms with Gasteiger partial charge in [0, 0.05) is 36.4 Å². The number of amides is 1. The van der Waals surface area contributed by atoms with Gasteiger partial charge in [-0.15, -0.1) is 0 Å². The molecule has 4 rings (SSSR count). The van der Waals surface area contributed by atoms with Gasteiger partial charge in [-0.1, -0.05) is 61.9 Å². The molecule has 42 heavy (non-hydrogen) atoms. The summed E-state index contributed by atoms with van der Waals surface area (Å²) in [7, 11) is -3.94. The fraction of sp³-hybridized carbons (Fsp3) is 0.156. The Balaban J connectivity index is 1.58. The molecule has 0 aromatic heterocycles. The first kappa shape index (κ1) is 30.0. The average Bonchev–Trinajstić information content (AvgIpc) is 2.93. The number of ether oxygens (including phenoxy) is 2. The minimum atomic E-state index is -3.94. The number of sulfonamides is 1. The minimum absolute atomic E-state index is 0.0361. The number of hydrogen-bond donors (Lipinski definition) is 2. The number of anilines is 2. The van der Waals surface area contributed by atoms with Crippen molar-refractivity contribution in [3.8, 4) is 11.5 Å².